The third-order valence-electron chi connectivity index (χ3n) is 17.5. The van der Waals surface area contributed by atoms with Gasteiger partial charge in [-0.2, -0.15) is 0 Å². The van der Waals surface area contributed by atoms with E-state index in [-0.39, 0.29) is 0 Å². The van der Waals surface area contributed by atoms with Crippen molar-refractivity contribution in [3.8, 4) is 78.7 Å². The Labute approximate surface area is 461 Å². The van der Waals surface area contributed by atoms with Crippen molar-refractivity contribution in [3.05, 3.63) is 328 Å². The summed E-state index contributed by atoms with van der Waals surface area (Å²) in [6, 6.07) is 96.8. The van der Waals surface area contributed by atoms with Crippen LogP contribution in [0.1, 0.15) is 80.1 Å². The summed E-state index contributed by atoms with van der Waals surface area (Å²) in [6.07, 6.45) is 4.53. The SMILES string of the molecule is CCCc1ccc(-c2nc(-c3ccccc3)nc(-c3ccc(C=C(c4ccc5c(c4)C4(c6ccccc6-c6ccccc64)c4ccccc4-5)c4ccc5c(c4)C4(c6ccccc6-c6ccccc64)c4ccccc4-5)cc3)n2)cc1. The van der Waals surface area contributed by atoms with Gasteiger partial charge < -0.3 is 0 Å². The molecule has 0 aliphatic heterocycles. The predicted molar refractivity (Wildman–Crippen MR) is 323 cm³/mol. The molecule has 1 heterocycles. The summed E-state index contributed by atoms with van der Waals surface area (Å²) >= 11 is 0. The number of hydrogen-bond donors (Lipinski definition) is 0. The Morgan fingerprint density at radius 3 is 1.00 bits per heavy atom. The molecule has 0 fully saturated rings. The zero-order chi connectivity index (χ0) is 52.2. The first-order chi connectivity index (χ1) is 39.1. The first kappa shape index (κ1) is 45.4. The molecular formula is C76H51N3. The van der Waals surface area contributed by atoms with Crippen LogP contribution in [0.2, 0.25) is 0 Å². The van der Waals surface area contributed by atoms with Crippen LogP contribution in [-0.2, 0) is 17.3 Å². The quantitative estimate of drug-likeness (QED) is 0.142. The highest BCUT2D eigenvalue weighted by molar-refractivity contribution is 6.00. The molecule has 4 aliphatic carbocycles. The summed E-state index contributed by atoms with van der Waals surface area (Å²) in [4.78, 5) is 15.3. The van der Waals surface area contributed by atoms with Gasteiger partial charge in [-0.3, -0.25) is 0 Å². The molecule has 11 aromatic carbocycles. The third-order valence-corrected chi connectivity index (χ3v) is 17.5. The van der Waals surface area contributed by atoms with Crippen LogP contribution in [0.15, 0.2) is 261 Å². The van der Waals surface area contributed by atoms with Crippen molar-refractivity contribution >= 4 is 11.6 Å². The first-order valence-corrected chi connectivity index (χ1v) is 27.7. The number of nitrogens with zero attached hydrogens (tertiary/aromatic N) is 3. The van der Waals surface area contributed by atoms with Crippen molar-refractivity contribution in [1.82, 2.24) is 15.0 Å². The summed E-state index contributed by atoms with van der Waals surface area (Å²) < 4.78 is 0. The Morgan fingerprint density at radius 2 is 0.633 bits per heavy atom. The molecule has 0 bridgehead atoms. The van der Waals surface area contributed by atoms with E-state index in [1.54, 1.807) is 0 Å². The Balaban J connectivity index is 0.903. The maximum atomic E-state index is 5.16. The fraction of sp³-hybridized carbons (Fsp3) is 0.0658. The number of hydrogen-bond acceptors (Lipinski definition) is 3. The van der Waals surface area contributed by atoms with Gasteiger partial charge in [0.05, 0.1) is 10.8 Å². The molecule has 79 heavy (non-hydrogen) atoms. The van der Waals surface area contributed by atoms with Crippen LogP contribution in [0.25, 0.3) is 90.3 Å². The van der Waals surface area contributed by atoms with Gasteiger partial charge in [-0.15, -0.1) is 0 Å². The average Bonchev–Trinajstić information content (AvgIpc) is 3.51. The van der Waals surface area contributed by atoms with E-state index < -0.39 is 10.8 Å². The monoisotopic (exact) mass is 1010 g/mol. The topological polar surface area (TPSA) is 38.7 Å². The van der Waals surface area contributed by atoms with Gasteiger partial charge >= 0.3 is 0 Å². The lowest BCUT2D eigenvalue weighted by Crippen LogP contribution is -2.26. The third kappa shape index (κ3) is 6.57. The van der Waals surface area contributed by atoms with E-state index in [1.165, 1.54) is 94.6 Å². The van der Waals surface area contributed by atoms with Gasteiger partial charge in [0, 0.05) is 16.7 Å². The van der Waals surface area contributed by atoms with Crippen LogP contribution in [0, 0.1) is 0 Å². The highest BCUT2D eigenvalue weighted by atomic mass is 15.0. The smallest absolute Gasteiger partial charge is 0.164 e. The minimum Gasteiger partial charge on any atom is -0.208 e. The Bertz CT molecular complexity index is 4160. The van der Waals surface area contributed by atoms with Crippen molar-refractivity contribution in [2.75, 3.05) is 0 Å². The molecule has 0 N–H and O–H groups in total. The van der Waals surface area contributed by atoms with E-state index in [0.29, 0.717) is 17.5 Å². The van der Waals surface area contributed by atoms with Crippen LogP contribution in [0.3, 0.4) is 0 Å². The summed E-state index contributed by atoms with van der Waals surface area (Å²) in [5, 5.41) is 0. The molecule has 0 saturated carbocycles. The molecule has 0 radical (unpaired) electrons. The number of benzene rings is 11. The molecule has 3 nitrogen and oxygen atoms in total. The maximum absolute atomic E-state index is 5.16. The maximum Gasteiger partial charge on any atom is 0.164 e. The molecule has 4 aliphatic rings. The van der Waals surface area contributed by atoms with E-state index >= 15 is 0 Å². The van der Waals surface area contributed by atoms with Crippen LogP contribution in [0.4, 0.5) is 0 Å². The van der Waals surface area contributed by atoms with E-state index in [9.17, 15) is 0 Å². The van der Waals surface area contributed by atoms with Crippen molar-refractivity contribution in [2.24, 2.45) is 0 Å². The molecule has 2 spiro atoms. The molecule has 12 aromatic rings. The molecule has 0 saturated heterocycles. The number of aromatic nitrogens is 3. The average molecular weight is 1010 g/mol. The molecule has 16 rings (SSSR count). The fourth-order valence-electron chi connectivity index (χ4n) is 14.2. The first-order valence-electron chi connectivity index (χ1n) is 27.7. The number of fused-ring (bicyclic) bond motifs is 20. The molecule has 0 unspecified atom stereocenters. The summed E-state index contributed by atoms with van der Waals surface area (Å²) in [5.41, 5.74) is 28.7. The standard InChI is InChI=1S/C76H51N3/c1-2-18-48-33-37-51(38-34-48)73-77-72(50-19-4-3-5-20-50)78-74(79-73)52-39-35-49(36-40-52)45-63(53-41-43-61-59-25-10-16-31-68(59)75(70(61)46-53)64-27-12-6-21-55(64)56-22-7-13-28-65(56)75)54-42-44-62-60-26-11-17-32-69(60)76(71(62)47-54)66-29-14-8-23-57(66)58-24-9-15-30-67(58)76/h3-17,19-47H,2,18H2,1H3. The highest BCUT2D eigenvalue weighted by Crippen LogP contribution is 2.65. The second kappa shape index (κ2) is 17.6. The summed E-state index contributed by atoms with van der Waals surface area (Å²) in [6.45, 7) is 2.21. The minimum atomic E-state index is -0.484. The second-order valence-electron chi connectivity index (χ2n) is 21.6. The number of aryl methyl sites for hydroxylation is 1. The van der Waals surface area contributed by atoms with Gasteiger partial charge in [0.25, 0.3) is 0 Å². The van der Waals surface area contributed by atoms with Crippen molar-refractivity contribution < 1.29 is 0 Å². The highest BCUT2D eigenvalue weighted by Gasteiger charge is 2.53. The molecular weight excluding hydrogens is 955 g/mol. The lowest BCUT2D eigenvalue weighted by molar-refractivity contribution is 0.792. The molecule has 0 amide bonds. The van der Waals surface area contributed by atoms with Crippen LogP contribution < -0.4 is 0 Å². The Kier molecular flexibility index (Phi) is 10.1. The normalized spacial score (nSPS) is 13.7. The summed E-state index contributed by atoms with van der Waals surface area (Å²) in [5.74, 6) is 1.95. The second-order valence-corrected chi connectivity index (χ2v) is 21.6. The van der Waals surface area contributed by atoms with Crippen LogP contribution in [0.5, 0.6) is 0 Å². The van der Waals surface area contributed by atoms with Crippen LogP contribution >= 0.6 is 0 Å². The van der Waals surface area contributed by atoms with Gasteiger partial charge in [0.1, 0.15) is 0 Å². The molecule has 3 heteroatoms. The van der Waals surface area contributed by atoms with E-state index in [4.69, 9.17) is 15.0 Å². The van der Waals surface area contributed by atoms with E-state index in [1.807, 2.05) is 18.2 Å². The lowest BCUT2D eigenvalue weighted by Gasteiger charge is -2.31. The predicted octanol–water partition coefficient (Wildman–Crippen LogP) is 18.1. The lowest BCUT2D eigenvalue weighted by atomic mass is 9.69. The zero-order valence-electron chi connectivity index (χ0n) is 43.7. The minimum absolute atomic E-state index is 0.484. The number of rotatable bonds is 8. The van der Waals surface area contributed by atoms with Crippen LogP contribution in [-0.4, -0.2) is 15.0 Å². The molecule has 0 atom stereocenters. The van der Waals surface area contributed by atoms with Crippen molar-refractivity contribution in [1.29, 1.82) is 0 Å². The van der Waals surface area contributed by atoms with Gasteiger partial charge in [0.15, 0.2) is 17.5 Å². The molecule has 1 aromatic heterocycles. The Hall–Kier alpha value is -9.83. The van der Waals surface area contributed by atoms with Gasteiger partial charge in [-0.1, -0.05) is 262 Å². The largest absolute Gasteiger partial charge is 0.208 e. The summed E-state index contributed by atoms with van der Waals surface area (Å²) in [7, 11) is 0. The van der Waals surface area contributed by atoms with Gasteiger partial charge in [0.2, 0.25) is 0 Å². The van der Waals surface area contributed by atoms with Crippen molar-refractivity contribution in [3.63, 3.8) is 0 Å². The molecule has 370 valence electrons. The fourth-order valence-corrected chi connectivity index (χ4v) is 14.2. The van der Waals surface area contributed by atoms with E-state index in [2.05, 4.69) is 256 Å². The van der Waals surface area contributed by atoms with E-state index in [0.717, 1.165) is 51.8 Å². The zero-order valence-corrected chi connectivity index (χ0v) is 43.7. The van der Waals surface area contributed by atoms with Gasteiger partial charge in [-0.25, -0.2) is 15.0 Å². The Morgan fingerprint density at radius 1 is 0.316 bits per heavy atom. The van der Waals surface area contributed by atoms with Gasteiger partial charge in [-0.05, 0) is 141 Å². The van der Waals surface area contributed by atoms with Crippen molar-refractivity contribution in [2.45, 2.75) is 30.6 Å².